The normalized spacial score (nSPS) is 10.9. The standard InChI is InChI=1S/C5H14NO.C4H6F3NO.ClH/c1-6(2,3)4-5-7;1-8(2)3(9)4(5,6)7;/h7H,4-5H2,1-3H3;1-2H3;1H/q+1;;/p-1. The van der Waals surface area contributed by atoms with Gasteiger partial charge in [0.05, 0.1) is 27.7 Å². The number of aliphatic hydroxyl groups is 1. The number of carbonyl (C=O) groups is 1. The van der Waals surface area contributed by atoms with E-state index in [2.05, 4.69) is 21.1 Å². The fourth-order valence-electron chi connectivity index (χ4n) is 0.554. The van der Waals surface area contributed by atoms with Gasteiger partial charge in [-0.15, -0.1) is 0 Å². The van der Waals surface area contributed by atoms with Gasteiger partial charge in [-0.1, -0.05) is 0 Å². The van der Waals surface area contributed by atoms with Crippen molar-refractivity contribution >= 4 is 5.91 Å². The number of aliphatic hydroxyl groups excluding tert-OH is 1. The number of hydrogen-bond acceptors (Lipinski definition) is 2. The summed E-state index contributed by atoms with van der Waals surface area (Å²) < 4.78 is 34.8. The average Bonchev–Trinajstić information content (AvgIpc) is 1.99. The van der Waals surface area contributed by atoms with Crippen molar-refractivity contribution in [1.82, 2.24) is 4.90 Å². The van der Waals surface area contributed by atoms with Crippen LogP contribution in [0.5, 0.6) is 0 Å². The molecule has 0 aromatic carbocycles. The molecule has 0 rings (SSSR count). The van der Waals surface area contributed by atoms with E-state index in [9.17, 15) is 18.0 Å². The molecular weight excluding hydrogens is 261 g/mol. The van der Waals surface area contributed by atoms with Crippen molar-refractivity contribution in [2.24, 2.45) is 0 Å². The summed E-state index contributed by atoms with van der Waals surface area (Å²) in [6.45, 7) is 1.11. The molecule has 8 heteroatoms. The third-order valence-electron chi connectivity index (χ3n) is 1.42. The molecule has 0 fully saturated rings. The van der Waals surface area contributed by atoms with Crippen LogP contribution in [-0.2, 0) is 4.79 Å². The first-order valence-electron chi connectivity index (χ1n) is 4.61. The van der Waals surface area contributed by atoms with Crippen LogP contribution in [0, 0.1) is 0 Å². The molecule has 106 valence electrons. The van der Waals surface area contributed by atoms with Crippen molar-refractivity contribution in [3.63, 3.8) is 0 Å². The first-order valence-corrected chi connectivity index (χ1v) is 4.61. The number of carbonyl (C=O) groups excluding carboxylic acids is 1. The zero-order valence-electron chi connectivity index (χ0n) is 10.7. The summed E-state index contributed by atoms with van der Waals surface area (Å²) in [5, 5.41) is 8.39. The van der Waals surface area contributed by atoms with Crippen molar-refractivity contribution in [2.45, 2.75) is 6.18 Å². The van der Waals surface area contributed by atoms with E-state index in [1.54, 1.807) is 0 Å². The third-order valence-corrected chi connectivity index (χ3v) is 1.42. The molecule has 0 saturated carbocycles. The summed E-state index contributed by atoms with van der Waals surface area (Å²) >= 11 is 0. The molecule has 0 spiro atoms. The van der Waals surface area contributed by atoms with Gasteiger partial charge in [-0.05, 0) is 0 Å². The van der Waals surface area contributed by atoms with Crippen LogP contribution >= 0.6 is 0 Å². The highest BCUT2D eigenvalue weighted by Gasteiger charge is 2.39. The molecule has 0 bridgehead atoms. The molecule has 0 radical (unpaired) electrons. The maximum Gasteiger partial charge on any atom is 0.471 e. The average molecular weight is 281 g/mol. The molecular formula is C9H20ClF3N2O2. The topological polar surface area (TPSA) is 40.5 Å². The lowest BCUT2D eigenvalue weighted by molar-refractivity contribution is -0.870. The minimum atomic E-state index is -4.73. The number of quaternary nitrogens is 1. The van der Waals surface area contributed by atoms with E-state index >= 15 is 0 Å². The van der Waals surface area contributed by atoms with Crippen LogP contribution in [0.15, 0.2) is 0 Å². The van der Waals surface area contributed by atoms with Gasteiger partial charge in [0.15, 0.2) is 0 Å². The second-order valence-corrected chi connectivity index (χ2v) is 4.43. The number of rotatable bonds is 2. The number of alkyl halides is 3. The maximum atomic E-state index is 11.3. The van der Waals surface area contributed by atoms with E-state index in [4.69, 9.17) is 5.11 Å². The van der Waals surface area contributed by atoms with Gasteiger partial charge in [-0.3, -0.25) is 4.79 Å². The lowest BCUT2D eigenvalue weighted by Crippen LogP contribution is -3.00. The van der Waals surface area contributed by atoms with Gasteiger partial charge < -0.3 is 26.9 Å². The Morgan fingerprint density at radius 1 is 1.24 bits per heavy atom. The van der Waals surface area contributed by atoms with Crippen LogP contribution in [0.1, 0.15) is 0 Å². The zero-order valence-corrected chi connectivity index (χ0v) is 11.4. The highest BCUT2D eigenvalue weighted by molar-refractivity contribution is 5.81. The van der Waals surface area contributed by atoms with Gasteiger partial charge in [0, 0.05) is 14.1 Å². The van der Waals surface area contributed by atoms with E-state index in [-0.39, 0.29) is 19.0 Å². The molecule has 17 heavy (non-hydrogen) atoms. The molecule has 0 aliphatic heterocycles. The van der Waals surface area contributed by atoms with Gasteiger partial charge in [0.2, 0.25) is 0 Å². The molecule has 1 N–H and O–H groups in total. The second-order valence-electron chi connectivity index (χ2n) is 4.43. The van der Waals surface area contributed by atoms with E-state index in [0.717, 1.165) is 25.1 Å². The summed E-state index contributed by atoms with van der Waals surface area (Å²) in [5.74, 6) is -1.83. The summed E-state index contributed by atoms with van der Waals surface area (Å²) in [6, 6.07) is 0. The van der Waals surface area contributed by atoms with Crippen molar-refractivity contribution in [3.05, 3.63) is 0 Å². The monoisotopic (exact) mass is 280 g/mol. The SMILES string of the molecule is CN(C)C(=O)C(F)(F)F.C[N+](C)(C)CCO.[Cl-]. The van der Waals surface area contributed by atoms with Crippen LogP contribution in [0.25, 0.3) is 0 Å². The Labute approximate surface area is 106 Å². The molecule has 0 saturated heterocycles. The third kappa shape index (κ3) is 15.5. The van der Waals surface area contributed by atoms with Crippen LogP contribution in [-0.4, -0.2) is 75.0 Å². The quantitative estimate of drug-likeness (QED) is 0.561. The number of halogens is 4. The van der Waals surface area contributed by atoms with Crippen molar-refractivity contribution in [1.29, 1.82) is 0 Å². The molecule has 0 aliphatic rings. The van der Waals surface area contributed by atoms with Crippen LogP contribution in [0.4, 0.5) is 13.2 Å². The Balaban J connectivity index is -0.000000224. The summed E-state index contributed by atoms with van der Waals surface area (Å²) in [7, 11) is 8.26. The Hall–Kier alpha value is -0.530. The fourth-order valence-corrected chi connectivity index (χ4v) is 0.554. The van der Waals surface area contributed by atoms with Gasteiger partial charge in [0.1, 0.15) is 6.54 Å². The molecule has 0 unspecified atom stereocenters. The molecule has 0 atom stereocenters. The maximum absolute atomic E-state index is 11.3. The molecule has 1 amide bonds. The number of amides is 1. The predicted molar refractivity (Wildman–Crippen MR) is 54.7 cm³/mol. The van der Waals surface area contributed by atoms with Crippen molar-refractivity contribution < 1.29 is 40.0 Å². The minimum Gasteiger partial charge on any atom is -1.00 e. The fraction of sp³-hybridized carbons (Fsp3) is 0.889. The Morgan fingerprint density at radius 2 is 1.59 bits per heavy atom. The highest BCUT2D eigenvalue weighted by atomic mass is 35.5. The summed E-state index contributed by atoms with van der Waals surface area (Å²) in [5.41, 5.74) is 0. The van der Waals surface area contributed by atoms with Crippen LogP contribution in [0.3, 0.4) is 0 Å². The number of likely N-dealkylation sites (N-methyl/N-ethyl adjacent to an activating group) is 1. The number of nitrogens with zero attached hydrogens (tertiary/aromatic N) is 2. The minimum absolute atomic E-state index is 0. The molecule has 0 aromatic rings. The predicted octanol–water partition coefficient (Wildman–Crippen LogP) is -2.67. The van der Waals surface area contributed by atoms with Gasteiger partial charge in [0.25, 0.3) is 0 Å². The lowest BCUT2D eigenvalue weighted by Gasteiger charge is -2.21. The Kier molecular flexibility index (Phi) is 10.9. The smallest absolute Gasteiger partial charge is 0.471 e. The molecule has 0 aliphatic carbocycles. The number of hydrogen-bond donors (Lipinski definition) is 1. The molecule has 0 aromatic heterocycles. The largest absolute Gasteiger partial charge is 1.00 e. The first kappa shape index (κ1) is 21.7. The summed E-state index contributed by atoms with van der Waals surface area (Å²) in [4.78, 5) is 10.5. The van der Waals surface area contributed by atoms with Gasteiger partial charge in [-0.25, -0.2) is 0 Å². The second kappa shape index (κ2) is 8.54. The summed E-state index contributed by atoms with van der Waals surface area (Å²) in [6.07, 6.45) is -4.73. The van der Waals surface area contributed by atoms with Gasteiger partial charge >= 0.3 is 12.1 Å². The van der Waals surface area contributed by atoms with Crippen LogP contribution < -0.4 is 12.4 Å². The van der Waals surface area contributed by atoms with E-state index in [1.165, 1.54) is 0 Å². The van der Waals surface area contributed by atoms with E-state index in [1.807, 2.05) is 0 Å². The lowest BCUT2D eigenvalue weighted by atomic mass is 10.5. The first-order chi connectivity index (χ1) is 6.91. The van der Waals surface area contributed by atoms with Crippen molar-refractivity contribution in [2.75, 3.05) is 48.4 Å². The highest BCUT2D eigenvalue weighted by Crippen LogP contribution is 2.16. The molecule has 4 nitrogen and oxygen atoms in total. The van der Waals surface area contributed by atoms with E-state index in [0.29, 0.717) is 4.90 Å². The van der Waals surface area contributed by atoms with E-state index < -0.39 is 12.1 Å². The Morgan fingerprint density at radius 3 is 1.59 bits per heavy atom. The van der Waals surface area contributed by atoms with Crippen molar-refractivity contribution in [3.8, 4) is 0 Å². The molecule has 0 heterocycles. The van der Waals surface area contributed by atoms with Gasteiger partial charge in [-0.2, -0.15) is 13.2 Å². The van der Waals surface area contributed by atoms with Crippen LogP contribution in [0.2, 0.25) is 0 Å². The Bertz CT molecular complexity index is 215. The zero-order chi connectivity index (χ0) is 13.6.